The fourth-order valence-corrected chi connectivity index (χ4v) is 2.24. The minimum atomic E-state index is -0.202. The first-order chi connectivity index (χ1) is 10.1. The van der Waals surface area contributed by atoms with Crippen molar-refractivity contribution < 1.29 is 9.53 Å². The molecule has 116 valence electrons. The molecule has 1 atom stereocenters. The molecule has 1 aliphatic heterocycles. The van der Waals surface area contributed by atoms with Gasteiger partial charge in [-0.3, -0.25) is 9.69 Å². The van der Waals surface area contributed by atoms with Gasteiger partial charge < -0.3 is 15.4 Å². The second kappa shape index (κ2) is 8.12. The molecule has 0 spiro atoms. The summed E-state index contributed by atoms with van der Waals surface area (Å²) in [4.78, 5) is 14.4. The third-order valence-corrected chi connectivity index (χ3v) is 3.69. The monoisotopic (exact) mass is 291 g/mol. The summed E-state index contributed by atoms with van der Waals surface area (Å²) < 4.78 is 5.31. The minimum Gasteiger partial charge on any atom is -0.379 e. The Balaban J connectivity index is 1.68. The third-order valence-electron chi connectivity index (χ3n) is 3.69. The number of rotatable bonds is 6. The van der Waals surface area contributed by atoms with Crippen molar-refractivity contribution in [2.24, 2.45) is 0 Å². The fourth-order valence-electron chi connectivity index (χ4n) is 2.24. The van der Waals surface area contributed by atoms with Gasteiger partial charge in [0.25, 0.3) is 0 Å². The number of hydrogen-bond acceptors (Lipinski definition) is 4. The highest BCUT2D eigenvalue weighted by Crippen LogP contribution is 2.08. The Kier molecular flexibility index (Phi) is 6.17. The van der Waals surface area contributed by atoms with Gasteiger partial charge in [0.05, 0.1) is 19.3 Å². The molecule has 0 aromatic heterocycles. The molecule has 0 saturated carbocycles. The molecule has 5 nitrogen and oxygen atoms in total. The second-order valence-corrected chi connectivity index (χ2v) is 5.49. The Morgan fingerprint density at radius 3 is 2.62 bits per heavy atom. The van der Waals surface area contributed by atoms with E-state index in [0.717, 1.165) is 45.1 Å². The van der Waals surface area contributed by atoms with Crippen LogP contribution in [0.3, 0.4) is 0 Å². The molecule has 1 unspecified atom stereocenters. The summed E-state index contributed by atoms with van der Waals surface area (Å²) in [5, 5.41) is 6.19. The summed E-state index contributed by atoms with van der Waals surface area (Å²) in [6, 6.07) is 7.63. The van der Waals surface area contributed by atoms with Crippen LogP contribution in [-0.4, -0.2) is 56.2 Å². The summed E-state index contributed by atoms with van der Waals surface area (Å²) in [5.74, 6) is 0.000769. The minimum absolute atomic E-state index is 0.000769. The van der Waals surface area contributed by atoms with Gasteiger partial charge in [-0.2, -0.15) is 0 Å². The van der Waals surface area contributed by atoms with Crippen molar-refractivity contribution >= 4 is 11.6 Å². The van der Waals surface area contributed by atoms with Crippen LogP contribution in [0.25, 0.3) is 0 Å². The van der Waals surface area contributed by atoms with Crippen molar-refractivity contribution in [3.8, 4) is 0 Å². The van der Waals surface area contributed by atoms with E-state index in [1.165, 1.54) is 5.56 Å². The zero-order valence-corrected chi connectivity index (χ0v) is 12.9. The van der Waals surface area contributed by atoms with Gasteiger partial charge in [-0.1, -0.05) is 17.7 Å². The van der Waals surface area contributed by atoms with Crippen LogP contribution in [0.4, 0.5) is 5.69 Å². The van der Waals surface area contributed by atoms with E-state index in [0.29, 0.717) is 0 Å². The number of nitrogens with zero attached hydrogens (tertiary/aromatic N) is 1. The number of nitrogens with one attached hydrogen (secondary N) is 2. The SMILES string of the molecule is Cc1ccc(NC(=O)C(C)NCCN2CCOCC2)cc1. The third kappa shape index (κ3) is 5.46. The predicted octanol–water partition coefficient (Wildman–Crippen LogP) is 1.24. The average molecular weight is 291 g/mol. The Hall–Kier alpha value is -1.43. The van der Waals surface area contributed by atoms with E-state index >= 15 is 0 Å². The number of carbonyl (C=O) groups is 1. The van der Waals surface area contributed by atoms with Crippen molar-refractivity contribution in [1.82, 2.24) is 10.2 Å². The molecule has 0 bridgehead atoms. The molecule has 0 radical (unpaired) electrons. The zero-order valence-electron chi connectivity index (χ0n) is 12.9. The standard InChI is InChI=1S/C16H25N3O2/c1-13-3-5-15(6-4-13)18-16(20)14(2)17-7-8-19-9-11-21-12-10-19/h3-6,14,17H,7-12H2,1-2H3,(H,18,20). The summed E-state index contributed by atoms with van der Waals surface area (Å²) in [6.45, 7) is 9.25. The maximum atomic E-state index is 12.1. The average Bonchev–Trinajstić information content (AvgIpc) is 2.50. The summed E-state index contributed by atoms with van der Waals surface area (Å²) in [5.41, 5.74) is 2.03. The van der Waals surface area contributed by atoms with Gasteiger partial charge in [0.15, 0.2) is 0 Å². The van der Waals surface area contributed by atoms with Crippen LogP contribution >= 0.6 is 0 Å². The number of benzene rings is 1. The van der Waals surface area contributed by atoms with Gasteiger partial charge in [-0.15, -0.1) is 0 Å². The number of anilines is 1. The Bertz CT molecular complexity index is 441. The maximum absolute atomic E-state index is 12.1. The van der Waals surface area contributed by atoms with Gasteiger partial charge in [0.1, 0.15) is 0 Å². The van der Waals surface area contributed by atoms with E-state index in [9.17, 15) is 4.79 Å². The number of carbonyl (C=O) groups excluding carboxylic acids is 1. The smallest absolute Gasteiger partial charge is 0.241 e. The Morgan fingerprint density at radius 2 is 1.95 bits per heavy atom. The summed E-state index contributed by atoms with van der Waals surface area (Å²) in [7, 11) is 0. The molecular weight excluding hydrogens is 266 g/mol. The van der Waals surface area contributed by atoms with Crippen molar-refractivity contribution in [3.05, 3.63) is 29.8 Å². The lowest BCUT2D eigenvalue weighted by Gasteiger charge is -2.27. The van der Waals surface area contributed by atoms with E-state index in [1.54, 1.807) is 0 Å². The van der Waals surface area contributed by atoms with Crippen LogP contribution in [0.2, 0.25) is 0 Å². The molecule has 2 N–H and O–H groups in total. The van der Waals surface area contributed by atoms with E-state index in [2.05, 4.69) is 15.5 Å². The number of morpholine rings is 1. The lowest BCUT2D eigenvalue weighted by molar-refractivity contribution is -0.117. The molecule has 21 heavy (non-hydrogen) atoms. The van der Waals surface area contributed by atoms with E-state index in [-0.39, 0.29) is 11.9 Å². The number of aryl methyl sites for hydroxylation is 1. The Labute approximate surface area is 126 Å². The molecule has 2 rings (SSSR count). The van der Waals surface area contributed by atoms with Crippen molar-refractivity contribution in [1.29, 1.82) is 0 Å². The lowest BCUT2D eigenvalue weighted by atomic mass is 10.2. The number of amides is 1. The molecule has 1 aromatic carbocycles. The molecule has 5 heteroatoms. The van der Waals surface area contributed by atoms with Crippen LogP contribution in [0.5, 0.6) is 0 Å². The number of ether oxygens (including phenoxy) is 1. The molecule has 1 aliphatic rings. The molecular formula is C16H25N3O2. The van der Waals surface area contributed by atoms with E-state index in [1.807, 2.05) is 38.1 Å². The van der Waals surface area contributed by atoms with Crippen LogP contribution in [-0.2, 0) is 9.53 Å². The highest BCUT2D eigenvalue weighted by Gasteiger charge is 2.14. The second-order valence-electron chi connectivity index (χ2n) is 5.49. The first-order valence-electron chi connectivity index (χ1n) is 7.56. The largest absolute Gasteiger partial charge is 0.379 e. The van der Waals surface area contributed by atoms with Crippen molar-refractivity contribution in [2.75, 3.05) is 44.7 Å². The maximum Gasteiger partial charge on any atom is 0.241 e. The van der Waals surface area contributed by atoms with Crippen molar-refractivity contribution in [3.63, 3.8) is 0 Å². The van der Waals surface area contributed by atoms with Crippen LogP contribution < -0.4 is 10.6 Å². The summed E-state index contributed by atoms with van der Waals surface area (Å²) in [6.07, 6.45) is 0. The van der Waals surface area contributed by atoms with E-state index < -0.39 is 0 Å². The fraction of sp³-hybridized carbons (Fsp3) is 0.562. The quantitative estimate of drug-likeness (QED) is 0.828. The van der Waals surface area contributed by atoms with E-state index in [4.69, 9.17) is 4.74 Å². The van der Waals surface area contributed by atoms with Gasteiger partial charge >= 0.3 is 0 Å². The zero-order chi connectivity index (χ0) is 15.1. The van der Waals surface area contributed by atoms with Crippen LogP contribution in [0, 0.1) is 6.92 Å². The Morgan fingerprint density at radius 1 is 1.29 bits per heavy atom. The van der Waals surface area contributed by atoms with Gasteiger partial charge in [-0.05, 0) is 26.0 Å². The topological polar surface area (TPSA) is 53.6 Å². The molecule has 1 amide bonds. The number of hydrogen-bond donors (Lipinski definition) is 2. The van der Waals surface area contributed by atoms with Gasteiger partial charge in [0, 0.05) is 31.9 Å². The van der Waals surface area contributed by atoms with Gasteiger partial charge in [0.2, 0.25) is 5.91 Å². The molecule has 1 fully saturated rings. The highest BCUT2D eigenvalue weighted by atomic mass is 16.5. The van der Waals surface area contributed by atoms with Crippen LogP contribution in [0.1, 0.15) is 12.5 Å². The van der Waals surface area contributed by atoms with Gasteiger partial charge in [-0.25, -0.2) is 0 Å². The molecule has 0 aliphatic carbocycles. The molecule has 1 saturated heterocycles. The first kappa shape index (κ1) is 15.9. The lowest BCUT2D eigenvalue weighted by Crippen LogP contribution is -2.44. The molecule has 1 aromatic rings. The first-order valence-corrected chi connectivity index (χ1v) is 7.56. The predicted molar refractivity (Wildman–Crippen MR) is 84.5 cm³/mol. The summed E-state index contributed by atoms with van der Waals surface area (Å²) >= 11 is 0. The highest BCUT2D eigenvalue weighted by molar-refractivity contribution is 5.94. The molecule has 1 heterocycles. The van der Waals surface area contributed by atoms with Crippen LogP contribution in [0.15, 0.2) is 24.3 Å². The van der Waals surface area contributed by atoms with Crippen molar-refractivity contribution in [2.45, 2.75) is 19.9 Å². The normalized spacial score (nSPS) is 17.4.